The number of nitrogens with one attached hydrogen (secondary N) is 1. The fourth-order valence-corrected chi connectivity index (χ4v) is 1.01. The van der Waals surface area contributed by atoms with Crippen molar-refractivity contribution in [2.75, 3.05) is 13.1 Å². The molecule has 1 rings (SSSR count). The Labute approximate surface area is 75.8 Å². The number of hydrogen-bond acceptors (Lipinski definition) is 2. The fourth-order valence-electron chi connectivity index (χ4n) is 1.01. The maximum Gasteiger partial charge on any atom is 0.277 e. The molecule has 0 aliphatic carbocycles. The maximum absolute atomic E-state index is 13.1. The van der Waals surface area contributed by atoms with Crippen LogP contribution in [-0.4, -0.2) is 28.6 Å². The molecule has 1 aromatic rings. The van der Waals surface area contributed by atoms with Gasteiger partial charge in [0.1, 0.15) is 0 Å². The lowest BCUT2D eigenvalue weighted by Crippen LogP contribution is -2.36. The van der Waals surface area contributed by atoms with E-state index in [-0.39, 0.29) is 13.1 Å². The SMILES string of the molecule is CCNCC(F)(F)Cn1ccnc1. The minimum absolute atomic E-state index is 0.290. The minimum Gasteiger partial charge on any atom is -0.331 e. The van der Waals surface area contributed by atoms with Gasteiger partial charge in [0.25, 0.3) is 5.92 Å². The predicted octanol–water partition coefficient (Wildman–Crippen LogP) is 1.13. The van der Waals surface area contributed by atoms with Crippen molar-refractivity contribution in [1.82, 2.24) is 14.9 Å². The number of aromatic nitrogens is 2. The van der Waals surface area contributed by atoms with E-state index in [1.165, 1.54) is 23.3 Å². The van der Waals surface area contributed by atoms with Crippen LogP contribution >= 0.6 is 0 Å². The van der Waals surface area contributed by atoms with Crippen molar-refractivity contribution in [1.29, 1.82) is 0 Å². The Morgan fingerprint density at radius 3 is 2.85 bits per heavy atom. The zero-order valence-corrected chi connectivity index (χ0v) is 7.50. The van der Waals surface area contributed by atoms with Crippen molar-refractivity contribution < 1.29 is 8.78 Å². The number of imidazole rings is 1. The molecule has 0 saturated carbocycles. The van der Waals surface area contributed by atoms with Crippen LogP contribution in [0.2, 0.25) is 0 Å². The number of halogens is 2. The Kier molecular flexibility index (Phi) is 3.36. The summed E-state index contributed by atoms with van der Waals surface area (Å²) in [5.74, 6) is -2.71. The highest BCUT2D eigenvalue weighted by Crippen LogP contribution is 2.14. The number of rotatable bonds is 5. The van der Waals surface area contributed by atoms with Crippen molar-refractivity contribution in [2.45, 2.75) is 19.4 Å². The molecule has 0 saturated heterocycles. The summed E-state index contributed by atoms with van der Waals surface area (Å²) in [6.07, 6.45) is 4.41. The molecule has 0 unspecified atom stereocenters. The van der Waals surface area contributed by atoms with Gasteiger partial charge in [0.2, 0.25) is 0 Å². The molecular weight excluding hydrogens is 176 g/mol. The Bertz CT molecular complexity index is 234. The first-order valence-electron chi connectivity index (χ1n) is 4.18. The fraction of sp³-hybridized carbons (Fsp3) is 0.625. The standard InChI is InChI=1S/C8H13F2N3/c1-2-11-5-8(9,10)6-13-4-3-12-7-13/h3-4,7,11H,2,5-6H2,1H3. The zero-order chi connectivity index (χ0) is 9.73. The van der Waals surface area contributed by atoms with Gasteiger partial charge in [-0.3, -0.25) is 0 Å². The summed E-state index contributed by atoms with van der Waals surface area (Å²) in [6.45, 7) is 1.74. The highest BCUT2D eigenvalue weighted by atomic mass is 19.3. The van der Waals surface area contributed by atoms with Crippen molar-refractivity contribution in [2.24, 2.45) is 0 Å². The second-order valence-electron chi connectivity index (χ2n) is 2.87. The van der Waals surface area contributed by atoms with Crippen molar-refractivity contribution >= 4 is 0 Å². The molecule has 74 valence electrons. The molecule has 0 aliphatic rings. The molecule has 0 aliphatic heterocycles. The number of nitrogens with zero attached hydrogens (tertiary/aromatic N) is 2. The summed E-state index contributed by atoms with van der Waals surface area (Å²) >= 11 is 0. The van der Waals surface area contributed by atoms with E-state index >= 15 is 0 Å². The van der Waals surface area contributed by atoms with Crippen LogP contribution in [0, 0.1) is 0 Å². The van der Waals surface area contributed by atoms with E-state index in [4.69, 9.17) is 0 Å². The molecule has 0 bridgehead atoms. The van der Waals surface area contributed by atoms with Crippen molar-refractivity contribution in [3.63, 3.8) is 0 Å². The lowest BCUT2D eigenvalue weighted by atomic mass is 10.3. The van der Waals surface area contributed by atoms with Crippen LogP contribution in [0.4, 0.5) is 8.78 Å². The number of alkyl halides is 2. The molecule has 0 amide bonds. The van der Waals surface area contributed by atoms with Crippen LogP contribution in [-0.2, 0) is 6.54 Å². The van der Waals surface area contributed by atoms with Crippen LogP contribution in [0.5, 0.6) is 0 Å². The molecular formula is C8H13F2N3. The van der Waals surface area contributed by atoms with Gasteiger partial charge < -0.3 is 9.88 Å². The smallest absolute Gasteiger partial charge is 0.277 e. The molecule has 0 aromatic carbocycles. The Morgan fingerprint density at radius 2 is 2.31 bits per heavy atom. The first-order chi connectivity index (χ1) is 6.14. The van der Waals surface area contributed by atoms with Gasteiger partial charge >= 0.3 is 0 Å². The first-order valence-corrected chi connectivity index (χ1v) is 4.18. The van der Waals surface area contributed by atoms with Gasteiger partial charge in [-0.05, 0) is 6.54 Å². The lowest BCUT2D eigenvalue weighted by molar-refractivity contribution is -0.0144. The second-order valence-corrected chi connectivity index (χ2v) is 2.87. The van der Waals surface area contributed by atoms with Crippen LogP contribution in [0.15, 0.2) is 18.7 Å². The molecule has 1 aromatic heterocycles. The van der Waals surface area contributed by atoms with E-state index in [2.05, 4.69) is 10.3 Å². The highest BCUT2D eigenvalue weighted by Gasteiger charge is 2.28. The molecule has 13 heavy (non-hydrogen) atoms. The molecule has 5 heteroatoms. The van der Waals surface area contributed by atoms with E-state index in [1.54, 1.807) is 6.92 Å². The third kappa shape index (κ3) is 3.50. The van der Waals surface area contributed by atoms with Crippen LogP contribution in [0.1, 0.15) is 6.92 Å². The quantitative estimate of drug-likeness (QED) is 0.752. The van der Waals surface area contributed by atoms with Crippen LogP contribution < -0.4 is 5.32 Å². The monoisotopic (exact) mass is 189 g/mol. The molecule has 1 heterocycles. The van der Waals surface area contributed by atoms with Gasteiger partial charge in [0, 0.05) is 12.4 Å². The minimum atomic E-state index is -2.71. The van der Waals surface area contributed by atoms with Gasteiger partial charge in [0.15, 0.2) is 0 Å². The van der Waals surface area contributed by atoms with Gasteiger partial charge in [0.05, 0.1) is 19.4 Å². The van der Waals surface area contributed by atoms with Gasteiger partial charge in [-0.25, -0.2) is 13.8 Å². The van der Waals surface area contributed by atoms with Crippen molar-refractivity contribution in [3.8, 4) is 0 Å². The molecule has 3 nitrogen and oxygen atoms in total. The van der Waals surface area contributed by atoms with Gasteiger partial charge in [-0.1, -0.05) is 6.92 Å². The van der Waals surface area contributed by atoms with Crippen LogP contribution in [0.3, 0.4) is 0 Å². The average Bonchev–Trinajstić information content (AvgIpc) is 2.52. The largest absolute Gasteiger partial charge is 0.331 e. The molecule has 0 fully saturated rings. The number of hydrogen-bond donors (Lipinski definition) is 1. The zero-order valence-electron chi connectivity index (χ0n) is 7.50. The van der Waals surface area contributed by atoms with Crippen molar-refractivity contribution in [3.05, 3.63) is 18.7 Å². The van der Waals surface area contributed by atoms with E-state index in [9.17, 15) is 8.78 Å². The second kappa shape index (κ2) is 4.32. The van der Waals surface area contributed by atoms with Gasteiger partial charge in [-0.2, -0.15) is 0 Å². The highest BCUT2D eigenvalue weighted by molar-refractivity contribution is 4.79. The normalized spacial score (nSPS) is 11.9. The summed E-state index contributed by atoms with van der Waals surface area (Å²) in [5, 5.41) is 2.62. The van der Waals surface area contributed by atoms with E-state index in [0.29, 0.717) is 6.54 Å². The third-order valence-electron chi connectivity index (χ3n) is 1.61. The van der Waals surface area contributed by atoms with Gasteiger partial charge in [-0.15, -0.1) is 0 Å². The van der Waals surface area contributed by atoms with E-state index in [0.717, 1.165) is 0 Å². The van der Waals surface area contributed by atoms with E-state index < -0.39 is 5.92 Å². The molecule has 1 N–H and O–H groups in total. The summed E-state index contributed by atoms with van der Waals surface area (Å²) in [4.78, 5) is 3.70. The summed E-state index contributed by atoms with van der Waals surface area (Å²) in [7, 11) is 0. The first kappa shape index (κ1) is 10.1. The Morgan fingerprint density at radius 1 is 1.54 bits per heavy atom. The lowest BCUT2D eigenvalue weighted by Gasteiger charge is -2.16. The van der Waals surface area contributed by atoms with E-state index in [1.807, 2.05) is 0 Å². The van der Waals surface area contributed by atoms with Crippen LogP contribution in [0.25, 0.3) is 0 Å². The summed E-state index contributed by atoms with van der Waals surface area (Å²) < 4.78 is 27.5. The summed E-state index contributed by atoms with van der Waals surface area (Å²) in [6, 6.07) is 0. The maximum atomic E-state index is 13.1. The topological polar surface area (TPSA) is 29.9 Å². The Hall–Kier alpha value is -0.970. The molecule has 0 radical (unpaired) electrons. The third-order valence-corrected chi connectivity index (χ3v) is 1.61. The predicted molar refractivity (Wildman–Crippen MR) is 45.7 cm³/mol. The summed E-state index contributed by atoms with van der Waals surface area (Å²) in [5.41, 5.74) is 0. The molecule has 0 spiro atoms. The Balaban J connectivity index is 2.42. The average molecular weight is 189 g/mol. The molecule has 0 atom stereocenters.